The van der Waals surface area contributed by atoms with E-state index in [0.29, 0.717) is 29.1 Å². The lowest BCUT2D eigenvalue weighted by molar-refractivity contribution is 0.0700. The first-order valence-corrected chi connectivity index (χ1v) is 16.4. The van der Waals surface area contributed by atoms with Gasteiger partial charge in [0, 0.05) is 73.6 Å². The number of imidazole rings is 1. The fourth-order valence-corrected chi connectivity index (χ4v) is 8.14. The van der Waals surface area contributed by atoms with E-state index in [1.54, 1.807) is 7.11 Å². The molecule has 2 bridgehead atoms. The predicted octanol–water partition coefficient (Wildman–Crippen LogP) is 5.17. The molecule has 0 radical (unpaired) electrons. The van der Waals surface area contributed by atoms with Crippen LogP contribution >= 0.6 is 0 Å². The van der Waals surface area contributed by atoms with E-state index >= 15 is 0 Å². The number of nitrogens with two attached hydrogens (primary N) is 1. The Kier molecular flexibility index (Phi) is 6.20. The molecule has 4 fully saturated rings. The van der Waals surface area contributed by atoms with Crippen molar-refractivity contribution in [2.45, 2.75) is 50.9 Å². The van der Waals surface area contributed by atoms with Crippen LogP contribution in [-0.4, -0.2) is 68.7 Å². The summed E-state index contributed by atoms with van der Waals surface area (Å²) >= 11 is 0. The Morgan fingerprint density at radius 3 is 2.49 bits per heavy atom. The third-order valence-corrected chi connectivity index (χ3v) is 10.7. The van der Waals surface area contributed by atoms with Crippen LogP contribution in [0.4, 0.5) is 5.69 Å². The van der Waals surface area contributed by atoms with Gasteiger partial charge in [0.1, 0.15) is 16.9 Å². The van der Waals surface area contributed by atoms with Gasteiger partial charge in [-0.2, -0.15) is 0 Å². The molecule has 2 unspecified atom stereocenters. The van der Waals surface area contributed by atoms with Crippen LogP contribution in [0.15, 0.2) is 66.9 Å². The van der Waals surface area contributed by atoms with Crippen molar-refractivity contribution >= 4 is 33.7 Å². The van der Waals surface area contributed by atoms with Crippen molar-refractivity contribution in [3.63, 3.8) is 0 Å². The van der Waals surface area contributed by atoms with Crippen LogP contribution in [0.3, 0.4) is 0 Å². The van der Waals surface area contributed by atoms with Crippen molar-refractivity contribution < 1.29 is 9.53 Å². The standard InChI is InChI=1S/C36H39N7O2/c1-45-31-16-26(36(44)42-21-25-11-12-29(42)32(25)37)14-28-33(31)43(20-23-17-40(18-23)27-7-3-2-4-8-27)35(39-28)30-15-24-6-5-13-38-34(24)41(30)19-22-9-10-22/h2-8,13-16,22-23,25,29,32H,9-12,17-21,37H2,1H3/t25?,29?,32-/m1/s1. The van der Waals surface area contributed by atoms with Gasteiger partial charge in [0.15, 0.2) is 5.82 Å². The number of likely N-dealkylation sites (tertiary alicyclic amines) is 1. The molecule has 9 nitrogen and oxygen atoms in total. The first-order valence-electron chi connectivity index (χ1n) is 16.4. The molecule has 2 aromatic carbocycles. The average Bonchev–Trinajstić information content (AvgIpc) is 3.41. The highest BCUT2D eigenvalue weighted by Crippen LogP contribution is 2.41. The maximum atomic E-state index is 13.9. The number of fused-ring (bicyclic) bond motifs is 4. The van der Waals surface area contributed by atoms with Gasteiger partial charge in [0.25, 0.3) is 5.91 Å². The number of carbonyl (C=O) groups is 1. The van der Waals surface area contributed by atoms with Crippen LogP contribution in [0.5, 0.6) is 5.75 Å². The molecule has 2 saturated heterocycles. The van der Waals surface area contributed by atoms with Gasteiger partial charge in [0.05, 0.1) is 18.3 Å². The minimum absolute atomic E-state index is 0.0264. The monoisotopic (exact) mass is 601 g/mol. The van der Waals surface area contributed by atoms with Crippen molar-refractivity contribution in [3.05, 3.63) is 72.4 Å². The Hall–Kier alpha value is -4.37. The number of methoxy groups -OCH3 is 1. The Bertz CT molecular complexity index is 1920. The summed E-state index contributed by atoms with van der Waals surface area (Å²) in [5, 5.41) is 1.12. The molecular formula is C36H39N7O2. The topological polar surface area (TPSA) is 94.4 Å². The summed E-state index contributed by atoms with van der Waals surface area (Å²) in [6.45, 7) is 4.43. The number of anilines is 1. The molecule has 1 amide bonds. The molecule has 3 atom stereocenters. The zero-order valence-corrected chi connectivity index (χ0v) is 25.7. The molecule has 9 heteroatoms. The fraction of sp³-hybridized carbons (Fsp3) is 0.417. The molecular weight excluding hydrogens is 562 g/mol. The van der Waals surface area contributed by atoms with Gasteiger partial charge >= 0.3 is 0 Å². The average molecular weight is 602 g/mol. The van der Waals surface area contributed by atoms with E-state index in [-0.39, 0.29) is 18.0 Å². The molecule has 2 saturated carbocycles. The molecule has 5 heterocycles. The van der Waals surface area contributed by atoms with E-state index in [2.05, 4.69) is 56.5 Å². The molecule has 9 rings (SSSR count). The van der Waals surface area contributed by atoms with E-state index in [4.69, 9.17) is 20.4 Å². The van der Waals surface area contributed by atoms with Gasteiger partial charge < -0.3 is 29.4 Å². The first-order chi connectivity index (χ1) is 22.1. The van der Waals surface area contributed by atoms with Gasteiger partial charge in [-0.05, 0) is 80.0 Å². The zero-order valence-electron chi connectivity index (χ0n) is 25.7. The third kappa shape index (κ3) is 4.42. The lowest BCUT2D eigenvalue weighted by atomic mass is 9.98. The van der Waals surface area contributed by atoms with Crippen molar-refractivity contribution in [1.29, 1.82) is 0 Å². The summed E-state index contributed by atoms with van der Waals surface area (Å²) < 4.78 is 10.8. The summed E-state index contributed by atoms with van der Waals surface area (Å²) in [7, 11) is 1.70. The molecule has 230 valence electrons. The number of amides is 1. The van der Waals surface area contributed by atoms with Crippen LogP contribution in [0.2, 0.25) is 0 Å². The number of carbonyl (C=O) groups excluding carboxylic acids is 1. The van der Waals surface area contributed by atoms with E-state index in [0.717, 1.165) is 79.2 Å². The van der Waals surface area contributed by atoms with E-state index in [9.17, 15) is 4.79 Å². The van der Waals surface area contributed by atoms with Gasteiger partial charge in [-0.15, -0.1) is 0 Å². The molecule has 45 heavy (non-hydrogen) atoms. The number of rotatable bonds is 8. The van der Waals surface area contributed by atoms with Gasteiger partial charge in [-0.3, -0.25) is 4.79 Å². The smallest absolute Gasteiger partial charge is 0.254 e. The summed E-state index contributed by atoms with van der Waals surface area (Å²) in [4.78, 5) is 28.5. The number of para-hydroxylation sites is 1. The Morgan fingerprint density at radius 2 is 1.76 bits per heavy atom. The molecule has 0 spiro atoms. The van der Waals surface area contributed by atoms with E-state index < -0.39 is 0 Å². The second-order valence-corrected chi connectivity index (χ2v) is 13.6. The molecule has 2 N–H and O–H groups in total. The second-order valence-electron chi connectivity index (χ2n) is 13.6. The van der Waals surface area contributed by atoms with Gasteiger partial charge in [-0.1, -0.05) is 18.2 Å². The van der Waals surface area contributed by atoms with E-state index in [1.165, 1.54) is 18.5 Å². The Morgan fingerprint density at radius 1 is 0.933 bits per heavy atom. The fourth-order valence-electron chi connectivity index (χ4n) is 8.14. The molecule has 4 aliphatic rings. The second kappa shape index (κ2) is 10.3. The number of nitrogens with zero attached hydrogens (tertiary/aromatic N) is 6. The first kappa shape index (κ1) is 27.0. The quantitative estimate of drug-likeness (QED) is 0.264. The van der Waals surface area contributed by atoms with Crippen molar-refractivity contribution in [1.82, 2.24) is 24.0 Å². The Labute approximate surface area is 262 Å². The third-order valence-electron chi connectivity index (χ3n) is 10.7. The van der Waals surface area contributed by atoms with Crippen molar-refractivity contribution in [2.75, 3.05) is 31.6 Å². The predicted molar refractivity (Wildman–Crippen MR) is 175 cm³/mol. The lowest BCUT2D eigenvalue weighted by Crippen LogP contribution is -2.48. The van der Waals surface area contributed by atoms with Crippen molar-refractivity contribution in [3.8, 4) is 17.3 Å². The van der Waals surface area contributed by atoms with Gasteiger partial charge in [-0.25, -0.2) is 9.97 Å². The van der Waals surface area contributed by atoms with Crippen LogP contribution in [-0.2, 0) is 13.1 Å². The summed E-state index contributed by atoms with van der Waals surface area (Å²) in [5.74, 6) is 3.14. The largest absolute Gasteiger partial charge is 0.494 e. The number of ether oxygens (including phenoxy) is 1. The number of pyridine rings is 1. The van der Waals surface area contributed by atoms with Crippen LogP contribution in [0.1, 0.15) is 36.0 Å². The number of hydrogen-bond acceptors (Lipinski definition) is 6. The maximum Gasteiger partial charge on any atom is 0.254 e. The van der Waals surface area contributed by atoms with Crippen molar-refractivity contribution in [2.24, 2.45) is 23.5 Å². The molecule has 2 aliphatic carbocycles. The highest BCUT2D eigenvalue weighted by molar-refractivity contribution is 6.00. The number of piperidine rings is 1. The van der Waals surface area contributed by atoms with Crippen LogP contribution in [0, 0.1) is 17.8 Å². The molecule has 2 aliphatic heterocycles. The SMILES string of the molecule is COc1cc(C(=O)N2CC3CCC2[C@@H]3N)cc2nc(-c3cc4cccnc4n3CC3CC3)n(CC3CN(c4ccccc4)C3)c12. The van der Waals surface area contributed by atoms with E-state index in [1.807, 2.05) is 29.3 Å². The number of hydrogen-bond donors (Lipinski definition) is 1. The minimum Gasteiger partial charge on any atom is -0.494 e. The highest BCUT2D eigenvalue weighted by Gasteiger charge is 2.47. The van der Waals surface area contributed by atoms with Crippen LogP contribution < -0.4 is 15.4 Å². The normalized spacial score (nSPS) is 22.9. The molecule has 5 aromatic rings. The maximum absolute atomic E-state index is 13.9. The number of benzene rings is 2. The molecule has 3 aromatic heterocycles. The summed E-state index contributed by atoms with van der Waals surface area (Å²) in [6.07, 6.45) is 6.47. The highest BCUT2D eigenvalue weighted by atomic mass is 16.5. The summed E-state index contributed by atoms with van der Waals surface area (Å²) in [6, 6.07) is 21.1. The lowest BCUT2D eigenvalue weighted by Gasteiger charge is -2.41. The van der Waals surface area contributed by atoms with Gasteiger partial charge in [0.2, 0.25) is 0 Å². The zero-order chi connectivity index (χ0) is 30.2. The van der Waals surface area contributed by atoms with Crippen LogP contribution in [0.25, 0.3) is 33.6 Å². The number of aromatic nitrogens is 4. The Balaban J connectivity index is 1.15. The summed E-state index contributed by atoms with van der Waals surface area (Å²) in [5.41, 5.74) is 12.2. The minimum atomic E-state index is 0.0264.